The molecule has 0 aliphatic rings. The van der Waals surface area contributed by atoms with Crippen molar-refractivity contribution in [2.75, 3.05) is 26.4 Å². The fourth-order valence-electron chi connectivity index (χ4n) is 7.05. The van der Waals surface area contributed by atoms with Crippen LogP contribution in [0.2, 0.25) is 0 Å². The van der Waals surface area contributed by atoms with Gasteiger partial charge in [-0.2, -0.15) is 0 Å². The maximum atomic E-state index is 12.7. The van der Waals surface area contributed by atoms with Crippen LogP contribution in [0, 0.1) is 5.92 Å². The van der Waals surface area contributed by atoms with Crippen LogP contribution in [0.3, 0.4) is 0 Å². The monoisotopic (exact) mass is 1010 g/mol. The summed E-state index contributed by atoms with van der Waals surface area (Å²) in [7, 11) is -9.78. The highest BCUT2D eigenvalue weighted by Crippen LogP contribution is 2.44. The molecule has 0 aromatic heterocycles. The molecule has 0 saturated carbocycles. The maximum Gasteiger partial charge on any atom is 0.472 e. The molecule has 0 spiro atoms. The summed E-state index contributed by atoms with van der Waals surface area (Å²) in [5, 5.41) is 30.2. The van der Waals surface area contributed by atoms with E-state index in [1.165, 1.54) is 116 Å². The molecule has 0 aromatic rings. The van der Waals surface area contributed by atoms with Crippen LogP contribution in [-0.2, 0) is 41.8 Å². The van der Waals surface area contributed by atoms with Crippen molar-refractivity contribution in [2.24, 2.45) is 5.92 Å². The molecule has 0 amide bonds. The first-order valence-electron chi connectivity index (χ1n) is 25.9. The van der Waals surface area contributed by atoms with Crippen LogP contribution < -0.4 is 0 Å². The number of aliphatic hydroxyl groups excluding tert-OH is 3. The summed E-state index contributed by atoms with van der Waals surface area (Å²) in [4.78, 5) is 52.9. The smallest absolute Gasteiger partial charge is 0.462 e. The number of carbonyl (C=O) groups is 2. The number of aliphatic hydroxyl groups is 3. The highest BCUT2D eigenvalue weighted by atomic mass is 31.2. The molecule has 0 bridgehead atoms. The normalized spacial score (nSPS) is 15.6. The second-order valence-corrected chi connectivity index (χ2v) is 20.8. The quantitative estimate of drug-likeness (QED) is 0.0109. The number of hydrogen-bond acceptors (Lipinski definition) is 12. The Bertz CT molecular complexity index is 1430. The molecule has 6 atom stereocenters. The Morgan fingerprint density at radius 1 is 0.529 bits per heavy atom. The van der Waals surface area contributed by atoms with Gasteiger partial charge in [-0.3, -0.25) is 23.2 Å². The van der Waals surface area contributed by atoms with Crippen molar-refractivity contribution >= 4 is 27.6 Å². The molecule has 68 heavy (non-hydrogen) atoms. The van der Waals surface area contributed by atoms with E-state index in [1.807, 2.05) is 6.08 Å². The van der Waals surface area contributed by atoms with Crippen molar-refractivity contribution in [3.05, 3.63) is 48.6 Å². The zero-order valence-corrected chi connectivity index (χ0v) is 43.9. The minimum Gasteiger partial charge on any atom is -0.462 e. The third-order valence-corrected chi connectivity index (χ3v) is 12.9. The Hall–Kier alpha value is -2.00. The van der Waals surface area contributed by atoms with E-state index in [9.17, 15) is 38.9 Å². The Morgan fingerprint density at radius 2 is 1.03 bits per heavy atom. The zero-order valence-electron chi connectivity index (χ0n) is 42.1. The van der Waals surface area contributed by atoms with Crippen molar-refractivity contribution in [1.82, 2.24) is 0 Å². The molecule has 0 heterocycles. The Kier molecular flexibility index (Phi) is 43.6. The molecule has 0 aliphatic carbocycles. The number of phosphoric ester groups is 2. The van der Waals surface area contributed by atoms with Crippen LogP contribution >= 0.6 is 15.6 Å². The average Bonchev–Trinajstić information content (AvgIpc) is 3.29. The van der Waals surface area contributed by atoms with Gasteiger partial charge >= 0.3 is 27.6 Å². The van der Waals surface area contributed by atoms with E-state index < -0.39 is 78.4 Å². The second kappa shape index (κ2) is 44.9. The summed E-state index contributed by atoms with van der Waals surface area (Å²) in [6.45, 7) is 3.83. The average molecular weight is 1010 g/mol. The molecule has 0 fully saturated rings. The van der Waals surface area contributed by atoms with Gasteiger partial charge in [0.1, 0.15) is 12.7 Å². The Labute approximate surface area is 410 Å². The fraction of sp³-hybridized carbons (Fsp3) is 0.804. The first kappa shape index (κ1) is 66.0. The van der Waals surface area contributed by atoms with Gasteiger partial charge in [0.05, 0.1) is 32.0 Å². The maximum absolute atomic E-state index is 12.7. The molecule has 6 N–H and O–H groups in total. The SMILES string of the molecule is CCCCC/C=C\C[C@H](O)/C=C/C=C/C=C\[C@H](O)CCCC(=O)O[C@H](COC(=O)CCCCCCCCCCCCCCCCCCCCC(C)CC)COP(=O)(O)OC[C@@H](O)COP(=O)(O)O. The molecule has 398 valence electrons. The van der Waals surface area contributed by atoms with E-state index in [2.05, 4.69) is 35.9 Å². The van der Waals surface area contributed by atoms with E-state index in [0.29, 0.717) is 12.8 Å². The predicted molar refractivity (Wildman–Crippen MR) is 270 cm³/mol. The lowest BCUT2D eigenvalue weighted by Crippen LogP contribution is -2.30. The molecular weight excluding hydrogens is 914 g/mol. The number of esters is 2. The van der Waals surface area contributed by atoms with Crippen LogP contribution in [0.15, 0.2) is 48.6 Å². The number of ether oxygens (including phenoxy) is 2. The van der Waals surface area contributed by atoms with Crippen LogP contribution in [0.5, 0.6) is 0 Å². The lowest BCUT2D eigenvalue weighted by molar-refractivity contribution is -0.161. The van der Waals surface area contributed by atoms with E-state index in [4.69, 9.17) is 23.8 Å². The van der Waals surface area contributed by atoms with E-state index in [1.54, 1.807) is 36.5 Å². The first-order valence-corrected chi connectivity index (χ1v) is 29.0. The number of rotatable bonds is 48. The number of phosphoric acid groups is 2. The lowest BCUT2D eigenvalue weighted by Gasteiger charge is -2.20. The molecule has 0 aromatic carbocycles. The summed E-state index contributed by atoms with van der Waals surface area (Å²) in [6.07, 6.45) is 40.1. The second-order valence-electron chi connectivity index (χ2n) is 18.1. The Morgan fingerprint density at radius 3 is 1.57 bits per heavy atom. The van der Waals surface area contributed by atoms with Crippen LogP contribution in [-0.4, -0.2) is 92.8 Å². The summed E-state index contributed by atoms with van der Waals surface area (Å²) in [5.74, 6) is -0.389. The van der Waals surface area contributed by atoms with Crippen molar-refractivity contribution < 1.29 is 71.8 Å². The minimum absolute atomic E-state index is 0.128. The summed E-state index contributed by atoms with van der Waals surface area (Å²) < 4.78 is 47.8. The molecule has 0 rings (SSSR count). The van der Waals surface area contributed by atoms with Crippen molar-refractivity contribution in [2.45, 2.75) is 231 Å². The molecule has 0 saturated heterocycles. The lowest BCUT2D eigenvalue weighted by atomic mass is 9.99. The third-order valence-electron chi connectivity index (χ3n) is 11.4. The number of carbonyl (C=O) groups excluding carboxylic acids is 2. The highest BCUT2D eigenvalue weighted by Gasteiger charge is 2.28. The van der Waals surface area contributed by atoms with Gasteiger partial charge in [-0.05, 0) is 44.4 Å². The standard InChI is InChI=1S/C51H94O15P2/c1-4-6-7-8-24-29-35-46(52)36-30-26-27-31-37-47(53)38-33-40-51(56)66-49(44-65-68(60,61)64-42-48(54)41-63-67(57,58)59)43-62-50(55)39-32-25-22-20-18-16-14-12-10-9-11-13-15-17-19-21-23-28-34-45(3)5-2/h24,26-27,29-31,36-37,45-49,52-54H,4-23,25,28,32-35,38-44H2,1-3H3,(H,60,61)(H2,57,58,59)/b27-26+,29-24-,36-30+,37-31-/t45?,46-,47-,48-,49+/m0/s1. The summed E-state index contributed by atoms with van der Waals surface area (Å²) in [6, 6.07) is 0. The molecule has 17 heteroatoms. The number of unbranched alkanes of at least 4 members (excludes halogenated alkanes) is 20. The van der Waals surface area contributed by atoms with Crippen molar-refractivity contribution in [3.8, 4) is 0 Å². The van der Waals surface area contributed by atoms with Crippen LogP contribution in [0.4, 0.5) is 0 Å². The topological polar surface area (TPSA) is 236 Å². The van der Waals surface area contributed by atoms with Gasteiger partial charge in [0.2, 0.25) is 0 Å². The minimum atomic E-state index is -4.90. The fourth-order valence-corrected chi connectivity index (χ4v) is 8.20. The Balaban J connectivity index is 4.58. The third kappa shape index (κ3) is 47.7. The largest absolute Gasteiger partial charge is 0.472 e. The van der Waals surface area contributed by atoms with Crippen LogP contribution in [0.1, 0.15) is 207 Å². The van der Waals surface area contributed by atoms with Gasteiger partial charge in [-0.15, -0.1) is 0 Å². The first-order chi connectivity index (χ1) is 32.6. The summed E-state index contributed by atoms with van der Waals surface area (Å²) >= 11 is 0. The van der Waals surface area contributed by atoms with Gasteiger partial charge < -0.3 is 39.5 Å². The van der Waals surface area contributed by atoms with Gasteiger partial charge in [0.25, 0.3) is 0 Å². The highest BCUT2D eigenvalue weighted by molar-refractivity contribution is 7.47. The zero-order chi connectivity index (χ0) is 50.6. The predicted octanol–water partition coefficient (Wildman–Crippen LogP) is 12.0. The molecule has 0 aliphatic heterocycles. The van der Waals surface area contributed by atoms with Gasteiger partial charge in [-0.25, -0.2) is 9.13 Å². The molecular formula is C51H94O15P2. The molecule has 2 unspecified atom stereocenters. The van der Waals surface area contributed by atoms with Gasteiger partial charge in [0.15, 0.2) is 6.10 Å². The van der Waals surface area contributed by atoms with Crippen molar-refractivity contribution in [3.63, 3.8) is 0 Å². The molecule has 0 radical (unpaired) electrons. The van der Waals surface area contributed by atoms with Gasteiger partial charge in [-0.1, -0.05) is 204 Å². The van der Waals surface area contributed by atoms with Gasteiger partial charge in [0, 0.05) is 12.8 Å². The van der Waals surface area contributed by atoms with Crippen LogP contribution in [0.25, 0.3) is 0 Å². The number of hydrogen-bond donors (Lipinski definition) is 6. The summed E-state index contributed by atoms with van der Waals surface area (Å²) in [5.41, 5.74) is 0. The number of allylic oxidation sites excluding steroid dienone is 5. The van der Waals surface area contributed by atoms with E-state index >= 15 is 0 Å². The van der Waals surface area contributed by atoms with Crippen molar-refractivity contribution in [1.29, 1.82) is 0 Å². The van der Waals surface area contributed by atoms with E-state index in [-0.39, 0.29) is 25.7 Å². The molecule has 15 nitrogen and oxygen atoms in total. The van der Waals surface area contributed by atoms with E-state index in [0.717, 1.165) is 38.0 Å².